The molecular weight excluding hydrogens is 240 g/mol. The van der Waals surface area contributed by atoms with Crippen molar-refractivity contribution in [2.45, 2.75) is 26.2 Å². The highest BCUT2D eigenvalue weighted by molar-refractivity contribution is 7.20. The normalized spacial score (nSPS) is 11.9. The monoisotopic (exact) mass is 252 g/mol. The van der Waals surface area contributed by atoms with Crippen LogP contribution in [0.5, 0.6) is 0 Å². The molecule has 0 saturated heterocycles. The quantitative estimate of drug-likeness (QED) is 0.813. The van der Waals surface area contributed by atoms with Crippen LogP contribution in [0.25, 0.3) is 10.2 Å². The SMILES string of the molecule is CC(C)(C)c1nc2sc(C(=O)O)cc2c(=O)[nH]1. The van der Waals surface area contributed by atoms with E-state index >= 15 is 0 Å². The number of nitrogens with zero attached hydrogens (tertiary/aromatic N) is 1. The minimum Gasteiger partial charge on any atom is -0.477 e. The molecule has 2 aromatic heterocycles. The van der Waals surface area contributed by atoms with E-state index in [0.29, 0.717) is 16.0 Å². The van der Waals surface area contributed by atoms with E-state index in [4.69, 9.17) is 5.11 Å². The molecule has 0 fully saturated rings. The summed E-state index contributed by atoms with van der Waals surface area (Å²) in [5.41, 5.74) is -0.565. The first-order chi connectivity index (χ1) is 7.79. The van der Waals surface area contributed by atoms with Crippen molar-refractivity contribution in [1.82, 2.24) is 9.97 Å². The van der Waals surface area contributed by atoms with E-state index in [-0.39, 0.29) is 15.9 Å². The number of carboxylic acids is 1. The van der Waals surface area contributed by atoms with E-state index in [1.165, 1.54) is 6.07 Å². The average Bonchev–Trinajstić information content (AvgIpc) is 2.60. The van der Waals surface area contributed by atoms with Crippen LogP contribution in [0, 0.1) is 0 Å². The third-order valence-corrected chi connectivity index (χ3v) is 3.34. The maximum absolute atomic E-state index is 11.8. The standard InChI is InChI=1S/C11H12N2O3S/c1-11(2,3)10-12-7(14)5-4-6(9(15)16)17-8(5)13-10/h4H,1-3H3,(H,15,16)(H,12,13,14). The predicted molar refractivity (Wildman–Crippen MR) is 65.9 cm³/mol. The molecule has 0 atom stereocenters. The Bertz CT molecular complexity index is 649. The Morgan fingerprint density at radius 1 is 1.47 bits per heavy atom. The predicted octanol–water partition coefficient (Wildman–Crippen LogP) is 1.98. The van der Waals surface area contributed by atoms with Gasteiger partial charge < -0.3 is 10.1 Å². The molecule has 0 aliphatic rings. The minimum atomic E-state index is -1.04. The molecule has 5 nitrogen and oxygen atoms in total. The van der Waals surface area contributed by atoms with Gasteiger partial charge in [-0.15, -0.1) is 11.3 Å². The number of nitrogens with one attached hydrogen (secondary N) is 1. The summed E-state index contributed by atoms with van der Waals surface area (Å²) in [7, 11) is 0. The molecule has 0 bridgehead atoms. The number of hydrogen-bond donors (Lipinski definition) is 2. The number of hydrogen-bond acceptors (Lipinski definition) is 4. The van der Waals surface area contributed by atoms with Gasteiger partial charge in [0.1, 0.15) is 15.5 Å². The van der Waals surface area contributed by atoms with Crippen molar-refractivity contribution in [2.75, 3.05) is 0 Å². The van der Waals surface area contributed by atoms with Crippen molar-refractivity contribution < 1.29 is 9.90 Å². The number of thiophene rings is 1. The van der Waals surface area contributed by atoms with Gasteiger partial charge in [-0.25, -0.2) is 9.78 Å². The minimum absolute atomic E-state index is 0.129. The van der Waals surface area contributed by atoms with Crippen LogP contribution in [0.1, 0.15) is 36.3 Å². The molecule has 0 aromatic carbocycles. The Morgan fingerprint density at radius 3 is 2.65 bits per heavy atom. The maximum atomic E-state index is 11.8. The van der Waals surface area contributed by atoms with Gasteiger partial charge in [0, 0.05) is 5.41 Å². The third-order valence-electron chi connectivity index (χ3n) is 2.32. The molecule has 17 heavy (non-hydrogen) atoms. The lowest BCUT2D eigenvalue weighted by molar-refractivity contribution is 0.0702. The van der Waals surface area contributed by atoms with Gasteiger partial charge in [0.15, 0.2) is 0 Å². The summed E-state index contributed by atoms with van der Waals surface area (Å²) < 4.78 is 0. The lowest BCUT2D eigenvalue weighted by Crippen LogP contribution is -2.21. The number of carboxylic acid groups (broad SMARTS) is 1. The zero-order chi connectivity index (χ0) is 12.8. The van der Waals surface area contributed by atoms with Crippen molar-refractivity contribution in [3.05, 3.63) is 27.1 Å². The molecule has 0 aliphatic carbocycles. The fourth-order valence-corrected chi connectivity index (χ4v) is 2.26. The van der Waals surface area contributed by atoms with Crippen LogP contribution < -0.4 is 5.56 Å². The Morgan fingerprint density at radius 2 is 2.12 bits per heavy atom. The van der Waals surface area contributed by atoms with Crippen molar-refractivity contribution in [1.29, 1.82) is 0 Å². The van der Waals surface area contributed by atoms with Gasteiger partial charge in [-0.05, 0) is 6.07 Å². The topological polar surface area (TPSA) is 83.0 Å². The number of aromatic carboxylic acids is 1. The molecule has 0 saturated carbocycles. The Kier molecular flexibility index (Phi) is 2.54. The first kappa shape index (κ1) is 11.8. The van der Waals surface area contributed by atoms with Gasteiger partial charge in [0.2, 0.25) is 0 Å². The van der Waals surface area contributed by atoms with Gasteiger partial charge in [-0.1, -0.05) is 20.8 Å². The highest BCUT2D eigenvalue weighted by Gasteiger charge is 2.20. The van der Waals surface area contributed by atoms with Crippen molar-refractivity contribution in [3.63, 3.8) is 0 Å². The van der Waals surface area contributed by atoms with Crippen LogP contribution in [0.3, 0.4) is 0 Å². The summed E-state index contributed by atoms with van der Waals surface area (Å²) in [5, 5.41) is 9.21. The second kappa shape index (κ2) is 3.66. The average molecular weight is 252 g/mol. The van der Waals surface area contributed by atoms with E-state index in [2.05, 4.69) is 9.97 Å². The second-order valence-electron chi connectivity index (χ2n) is 4.80. The van der Waals surface area contributed by atoms with E-state index in [0.717, 1.165) is 11.3 Å². The van der Waals surface area contributed by atoms with Gasteiger partial charge >= 0.3 is 5.97 Å². The summed E-state index contributed by atoms with van der Waals surface area (Å²) in [6, 6.07) is 1.36. The summed E-state index contributed by atoms with van der Waals surface area (Å²) in [4.78, 5) is 30.2. The molecule has 0 amide bonds. The van der Waals surface area contributed by atoms with Gasteiger partial charge in [-0.2, -0.15) is 0 Å². The largest absolute Gasteiger partial charge is 0.477 e. The summed E-state index contributed by atoms with van der Waals surface area (Å²) >= 11 is 1.02. The van der Waals surface area contributed by atoms with Crippen LogP contribution in [0.2, 0.25) is 0 Å². The zero-order valence-corrected chi connectivity index (χ0v) is 10.5. The maximum Gasteiger partial charge on any atom is 0.345 e. The summed E-state index contributed by atoms with van der Waals surface area (Å²) in [6.07, 6.45) is 0. The highest BCUT2D eigenvalue weighted by atomic mass is 32.1. The van der Waals surface area contributed by atoms with Crippen molar-refractivity contribution in [2.24, 2.45) is 0 Å². The Balaban J connectivity index is 2.74. The fraction of sp³-hybridized carbons (Fsp3) is 0.364. The number of aromatic nitrogens is 2. The molecular formula is C11H12N2O3S. The number of rotatable bonds is 1. The number of fused-ring (bicyclic) bond motifs is 1. The molecule has 2 rings (SSSR count). The Hall–Kier alpha value is -1.69. The smallest absolute Gasteiger partial charge is 0.345 e. The van der Waals surface area contributed by atoms with Crippen molar-refractivity contribution in [3.8, 4) is 0 Å². The van der Waals surface area contributed by atoms with Crippen LogP contribution in [0.4, 0.5) is 0 Å². The number of carbonyl (C=O) groups is 1. The fourth-order valence-electron chi connectivity index (χ4n) is 1.39. The zero-order valence-electron chi connectivity index (χ0n) is 9.70. The summed E-state index contributed by atoms with van der Waals surface area (Å²) in [6.45, 7) is 5.80. The molecule has 2 heterocycles. The van der Waals surface area contributed by atoms with Crippen LogP contribution in [0.15, 0.2) is 10.9 Å². The molecule has 0 aliphatic heterocycles. The molecule has 2 aromatic rings. The van der Waals surface area contributed by atoms with Gasteiger partial charge in [-0.3, -0.25) is 4.79 Å². The van der Waals surface area contributed by atoms with Crippen LogP contribution in [-0.4, -0.2) is 21.0 Å². The van der Waals surface area contributed by atoms with Crippen LogP contribution in [-0.2, 0) is 5.41 Å². The Labute approximate surface area is 101 Å². The lowest BCUT2D eigenvalue weighted by atomic mass is 9.96. The molecule has 90 valence electrons. The first-order valence-corrected chi connectivity index (χ1v) is 5.88. The molecule has 0 spiro atoms. The van der Waals surface area contributed by atoms with E-state index in [9.17, 15) is 9.59 Å². The van der Waals surface area contributed by atoms with Crippen molar-refractivity contribution >= 4 is 27.5 Å². The third kappa shape index (κ3) is 2.08. The summed E-state index contributed by atoms with van der Waals surface area (Å²) in [5.74, 6) is -0.474. The van der Waals surface area contributed by atoms with E-state index < -0.39 is 5.97 Å². The van der Waals surface area contributed by atoms with E-state index in [1.807, 2.05) is 20.8 Å². The molecule has 0 radical (unpaired) electrons. The molecule has 6 heteroatoms. The van der Waals surface area contributed by atoms with E-state index in [1.54, 1.807) is 0 Å². The van der Waals surface area contributed by atoms with Crippen LogP contribution >= 0.6 is 11.3 Å². The second-order valence-corrected chi connectivity index (χ2v) is 5.83. The highest BCUT2D eigenvalue weighted by Crippen LogP contribution is 2.24. The molecule has 2 N–H and O–H groups in total. The number of H-pyrrole nitrogens is 1. The van der Waals surface area contributed by atoms with Gasteiger partial charge in [0.25, 0.3) is 5.56 Å². The number of aromatic amines is 1. The lowest BCUT2D eigenvalue weighted by Gasteiger charge is -2.16. The first-order valence-electron chi connectivity index (χ1n) is 5.06. The molecule has 0 unspecified atom stereocenters. The van der Waals surface area contributed by atoms with Gasteiger partial charge in [0.05, 0.1) is 5.39 Å².